The van der Waals surface area contributed by atoms with Crippen LogP contribution in [0, 0.1) is 0 Å². The molecule has 4 rings (SSSR count). The summed E-state index contributed by atoms with van der Waals surface area (Å²) >= 11 is 1.69. The predicted octanol–water partition coefficient (Wildman–Crippen LogP) is 4.79. The van der Waals surface area contributed by atoms with Gasteiger partial charge in [0.05, 0.1) is 11.4 Å². The number of benzene rings is 1. The van der Waals surface area contributed by atoms with E-state index in [1.807, 2.05) is 6.08 Å². The van der Waals surface area contributed by atoms with Crippen molar-refractivity contribution in [3.8, 4) is 22.8 Å². The number of phenols is 2. The number of phenolic OH excluding ortho intramolecular Hbond substituents is 2. The van der Waals surface area contributed by atoms with Gasteiger partial charge in [-0.15, -0.1) is 0 Å². The Bertz CT molecular complexity index is 982. The molecular weight excluding hydrogens is 332 g/mol. The van der Waals surface area contributed by atoms with E-state index in [4.69, 9.17) is 4.99 Å². The van der Waals surface area contributed by atoms with Gasteiger partial charge in [0.25, 0.3) is 0 Å². The van der Waals surface area contributed by atoms with Crippen molar-refractivity contribution in [2.24, 2.45) is 12.0 Å². The van der Waals surface area contributed by atoms with Gasteiger partial charge in [-0.05, 0) is 48.6 Å². The average molecular weight is 350 g/mol. The van der Waals surface area contributed by atoms with Crippen molar-refractivity contribution in [3.05, 3.63) is 64.5 Å². The van der Waals surface area contributed by atoms with E-state index in [2.05, 4.69) is 40.6 Å². The van der Waals surface area contributed by atoms with Crippen LogP contribution < -0.4 is 0 Å². The normalized spacial score (nSPS) is 15.3. The van der Waals surface area contributed by atoms with Crippen molar-refractivity contribution >= 4 is 22.7 Å². The van der Waals surface area contributed by atoms with Gasteiger partial charge in [0.2, 0.25) is 0 Å². The van der Waals surface area contributed by atoms with Crippen molar-refractivity contribution in [1.29, 1.82) is 0 Å². The highest BCUT2D eigenvalue weighted by molar-refractivity contribution is 7.08. The maximum atomic E-state index is 9.71. The van der Waals surface area contributed by atoms with E-state index < -0.39 is 0 Å². The van der Waals surface area contributed by atoms with E-state index in [1.54, 1.807) is 17.4 Å². The van der Waals surface area contributed by atoms with Gasteiger partial charge in [-0.1, -0.05) is 6.08 Å². The Labute approximate surface area is 150 Å². The molecule has 4 nitrogen and oxygen atoms in total. The van der Waals surface area contributed by atoms with Crippen LogP contribution in [0.5, 0.6) is 11.5 Å². The minimum Gasteiger partial charge on any atom is -0.504 e. The summed E-state index contributed by atoms with van der Waals surface area (Å²) in [7, 11) is 2.10. The molecule has 126 valence electrons. The average Bonchev–Trinajstić information content (AvgIpc) is 3.18. The molecule has 0 radical (unpaired) electrons. The van der Waals surface area contributed by atoms with Gasteiger partial charge in [0.1, 0.15) is 0 Å². The third-order valence-corrected chi connectivity index (χ3v) is 5.17. The summed E-state index contributed by atoms with van der Waals surface area (Å²) in [6.07, 6.45) is 6.09. The first-order chi connectivity index (χ1) is 12.1. The van der Waals surface area contributed by atoms with E-state index in [9.17, 15) is 10.2 Å². The van der Waals surface area contributed by atoms with Gasteiger partial charge in [0, 0.05) is 41.0 Å². The van der Waals surface area contributed by atoms with E-state index in [-0.39, 0.29) is 11.5 Å². The first kappa shape index (κ1) is 15.7. The van der Waals surface area contributed by atoms with Gasteiger partial charge in [-0.2, -0.15) is 11.3 Å². The Kier molecular flexibility index (Phi) is 3.93. The van der Waals surface area contributed by atoms with Crippen molar-refractivity contribution in [1.82, 2.24) is 4.57 Å². The molecule has 1 aromatic carbocycles. The molecular formula is C20H18N2O2S. The summed E-state index contributed by atoms with van der Waals surface area (Å²) in [6, 6.07) is 8.95. The van der Waals surface area contributed by atoms with Gasteiger partial charge < -0.3 is 14.8 Å². The fourth-order valence-electron chi connectivity index (χ4n) is 3.18. The molecule has 0 atom stereocenters. The molecule has 2 heterocycles. The fourth-order valence-corrected chi connectivity index (χ4v) is 3.83. The Morgan fingerprint density at radius 3 is 2.76 bits per heavy atom. The molecule has 0 aliphatic heterocycles. The lowest BCUT2D eigenvalue weighted by atomic mass is 10.1. The van der Waals surface area contributed by atoms with E-state index in [0.717, 1.165) is 24.1 Å². The standard InChI is InChI=1S/C20H18N2O2S/c1-22-17-5-3-2-4-16(21-14-6-7-19(23)20(24)10-14)15(17)11-18(22)13-8-9-25-12-13/h2,4,6-12,23-24H,3,5H2,1H3. The molecule has 2 aromatic heterocycles. The number of allylic oxidation sites excluding steroid dienone is 2. The summed E-state index contributed by atoms with van der Waals surface area (Å²) in [5.74, 6) is -0.299. The zero-order valence-electron chi connectivity index (χ0n) is 13.8. The number of hydrogen-bond acceptors (Lipinski definition) is 4. The molecule has 0 amide bonds. The monoisotopic (exact) mass is 350 g/mol. The molecule has 0 saturated heterocycles. The van der Waals surface area contributed by atoms with Crippen LogP contribution in [0.2, 0.25) is 0 Å². The first-order valence-electron chi connectivity index (χ1n) is 8.12. The highest BCUT2D eigenvalue weighted by Crippen LogP contribution is 2.32. The topological polar surface area (TPSA) is 57.8 Å². The van der Waals surface area contributed by atoms with Crippen molar-refractivity contribution in [2.45, 2.75) is 12.8 Å². The van der Waals surface area contributed by atoms with E-state index in [0.29, 0.717) is 5.69 Å². The molecule has 25 heavy (non-hydrogen) atoms. The van der Waals surface area contributed by atoms with Crippen molar-refractivity contribution in [3.63, 3.8) is 0 Å². The smallest absolute Gasteiger partial charge is 0.159 e. The molecule has 3 aromatic rings. The van der Waals surface area contributed by atoms with E-state index >= 15 is 0 Å². The Morgan fingerprint density at radius 1 is 1.12 bits per heavy atom. The predicted molar refractivity (Wildman–Crippen MR) is 102 cm³/mol. The molecule has 1 aliphatic carbocycles. The van der Waals surface area contributed by atoms with Crippen molar-refractivity contribution < 1.29 is 10.2 Å². The summed E-state index contributed by atoms with van der Waals surface area (Å²) in [5, 5.41) is 23.4. The second kappa shape index (κ2) is 6.26. The lowest BCUT2D eigenvalue weighted by molar-refractivity contribution is 0.404. The quantitative estimate of drug-likeness (QED) is 0.653. The van der Waals surface area contributed by atoms with Crippen LogP contribution in [0.15, 0.2) is 58.2 Å². The zero-order chi connectivity index (χ0) is 17.4. The van der Waals surface area contributed by atoms with Crippen LogP contribution in [-0.4, -0.2) is 20.5 Å². The number of nitrogens with zero attached hydrogens (tertiary/aromatic N) is 2. The highest BCUT2D eigenvalue weighted by atomic mass is 32.1. The number of fused-ring (bicyclic) bond motifs is 1. The SMILES string of the molecule is Cn1c(-c2ccsc2)cc2c1CCC=CC2=Nc1ccc(O)c(O)c1. The number of aromatic hydroxyl groups is 2. The van der Waals surface area contributed by atoms with Gasteiger partial charge in [0.15, 0.2) is 11.5 Å². The number of hydrogen-bond donors (Lipinski definition) is 2. The Hall–Kier alpha value is -2.79. The van der Waals surface area contributed by atoms with E-state index in [1.165, 1.54) is 29.1 Å². The van der Waals surface area contributed by atoms with Crippen LogP contribution in [0.25, 0.3) is 11.3 Å². The molecule has 1 aliphatic rings. The number of aromatic nitrogens is 1. The Morgan fingerprint density at radius 2 is 2.00 bits per heavy atom. The summed E-state index contributed by atoms with van der Waals surface area (Å²) in [6.45, 7) is 0. The summed E-state index contributed by atoms with van der Waals surface area (Å²) in [4.78, 5) is 4.71. The number of aliphatic imine (C=N–C) groups is 1. The van der Waals surface area contributed by atoms with Gasteiger partial charge in [-0.25, -0.2) is 4.99 Å². The third kappa shape index (κ3) is 2.87. The minimum atomic E-state index is -0.160. The lowest BCUT2D eigenvalue weighted by Crippen LogP contribution is -2.02. The molecule has 0 saturated carbocycles. The second-order valence-electron chi connectivity index (χ2n) is 6.07. The van der Waals surface area contributed by atoms with Crippen molar-refractivity contribution in [2.75, 3.05) is 0 Å². The molecule has 0 unspecified atom stereocenters. The minimum absolute atomic E-state index is 0.138. The highest BCUT2D eigenvalue weighted by Gasteiger charge is 2.18. The maximum Gasteiger partial charge on any atom is 0.159 e. The van der Waals surface area contributed by atoms with Crippen LogP contribution in [0.4, 0.5) is 5.69 Å². The summed E-state index contributed by atoms with van der Waals surface area (Å²) < 4.78 is 2.24. The van der Waals surface area contributed by atoms with Gasteiger partial charge in [-0.3, -0.25) is 0 Å². The van der Waals surface area contributed by atoms with Crippen LogP contribution in [0.1, 0.15) is 17.7 Å². The van der Waals surface area contributed by atoms with Crippen LogP contribution in [0.3, 0.4) is 0 Å². The molecule has 0 fully saturated rings. The first-order valence-corrected chi connectivity index (χ1v) is 9.06. The number of thiophene rings is 1. The molecule has 5 heteroatoms. The van der Waals surface area contributed by atoms with Crippen LogP contribution >= 0.6 is 11.3 Å². The van der Waals surface area contributed by atoms with Crippen LogP contribution in [-0.2, 0) is 13.5 Å². The maximum absolute atomic E-state index is 9.71. The van der Waals surface area contributed by atoms with Gasteiger partial charge >= 0.3 is 0 Å². The molecule has 0 bridgehead atoms. The fraction of sp³-hybridized carbons (Fsp3) is 0.150. The molecule has 2 N–H and O–H groups in total. The Balaban J connectivity index is 1.84. The number of rotatable bonds is 2. The summed E-state index contributed by atoms with van der Waals surface area (Å²) in [5.41, 5.74) is 6.25. The lowest BCUT2D eigenvalue weighted by Gasteiger charge is -2.07. The zero-order valence-corrected chi connectivity index (χ0v) is 14.6. The largest absolute Gasteiger partial charge is 0.504 e. The molecule has 0 spiro atoms. The second-order valence-corrected chi connectivity index (χ2v) is 6.85. The third-order valence-electron chi connectivity index (χ3n) is 4.48.